The first-order valence-electron chi connectivity index (χ1n) is 8.64. The number of rotatable bonds is 4. The minimum Gasteiger partial charge on any atom is -0.321 e. The summed E-state index contributed by atoms with van der Waals surface area (Å²) in [4.78, 5) is 14.8. The number of nitrogens with one attached hydrogen (secondary N) is 1. The molecule has 0 aliphatic heterocycles. The fourth-order valence-corrected chi connectivity index (χ4v) is 5.41. The highest BCUT2D eigenvalue weighted by Gasteiger charge is 2.22. The molecule has 1 aliphatic carbocycles. The Bertz CT molecular complexity index is 946. The molecule has 5 nitrogen and oxygen atoms in total. The third-order valence-electron chi connectivity index (χ3n) is 4.76. The van der Waals surface area contributed by atoms with Crippen LogP contribution in [0.1, 0.15) is 39.0 Å². The molecule has 1 amide bonds. The first-order chi connectivity index (χ1) is 12.2. The molecule has 0 saturated carbocycles. The quantitative estimate of drug-likeness (QED) is 0.863. The lowest BCUT2D eigenvalue weighted by molar-refractivity contribution is 0.103. The zero-order valence-corrected chi connectivity index (χ0v) is 17.1. The number of anilines is 1. The molecule has 3 rings (SSSR count). The summed E-state index contributed by atoms with van der Waals surface area (Å²) in [5.41, 5.74) is 2.41. The highest BCUT2D eigenvalue weighted by Crippen LogP contribution is 2.32. The van der Waals surface area contributed by atoms with Crippen molar-refractivity contribution in [2.75, 3.05) is 19.4 Å². The van der Waals surface area contributed by atoms with Gasteiger partial charge in [-0.25, -0.2) is 12.7 Å². The summed E-state index contributed by atoms with van der Waals surface area (Å²) >= 11 is 1.54. The van der Waals surface area contributed by atoms with E-state index in [0.717, 1.165) is 19.3 Å². The second-order valence-electron chi connectivity index (χ2n) is 7.13. The number of nitrogens with zero attached hydrogens (tertiary/aromatic N) is 1. The zero-order chi connectivity index (χ0) is 19.1. The van der Waals surface area contributed by atoms with Crippen molar-refractivity contribution < 1.29 is 13.2 Å². The number of carbonyl (C=O) groups excluding carboxylic acids is 1. The maximum Gasteiger partial charge on any atom is 0.265 e. The minimum absolute atomic E-state index is 0.186. The van der Waals surface area contributed by atoms with E-state index in [2.05, 4.69) is 12.2 Å². The third kappa shape index (κ3) is 3.70. The number of hydrogen-bond donors (Lipinski definition) is 1. The van der Waals surface area contributed by atoms with Crippen molar-refractivity contribution in [1.82, 2.24) is 4.31 Å². The molecule has 0 fully saturated rings. The Morgan fingerprint density at radius 2 is 2.00 bits per heavy atom. The van der Waals surface area contributed by atoms with E-state index in [1.165, 1.54) is 34.9 Å². The summed E-state index contributed by atoms with van der Waals surface area (Å²) in [6.07, 6.45) is 3.22. The molecule has 0 bridgehead atoms. The average Bonchev–Trinajstić information content (AvgIpc) is 2.99. The van der Waals surface area contributed by atoms with Gasteiger partial charge >= 0.3 is 0 Å². The van der Waals surface area contributed by atoms with Crippen LogP contribution >= 0.6 is 11.3 Å². The Balaban J connectivity index is 1.84. The molecule has 26 heavy (non-hydrogen) atoms. The van der Waals surface area contributed by atoms with Gasteiger partial charge in [0.1, 0.15) is 0 Å². The molecule has 2 aromatic rings. The van der Waals surface area contributed by atoms with Crippen molar-refractivity contribution in [3.05, 3.63) is 45.1 Å². The molecule has 0 unspecified atom stereocenters. The van der Waals surface area contributed by atoms with Gasteiger partial charge in [-0.15, -0.1) is 11.3 Å². The molecule has 1 aromatic heterocycles. The topological polar surface area (TPSA) is 66.5 Å². The molecule has 0 saturated heterocycles. The fourth-order valence-electron chi connectivity index (χ4n) is 3.16. The molecule has 140 valence electrons. The second-order valence-corrected chi connectivity index (χ2v) is 10.4. The van der Waals surface area contributed by atoms with Gasteiger partial charge in [-0.3, -0.25) is 4.79 Å². The Labute approximate surface area is 159 Å². The van der Waals surface area contributed by atoms with Gasteiger partial charge in [0.05, 0.1) is 9.77 Å². The largest absolute Gasteiger partial charge is 0.321 e. The SMILES string of the molecule is Cc1ccc(NC(=O)c2cc3c(s2)CC[C@H](C)C3)cc1S(=O)(=O)N(C)C. The summed E-state index contributed by atoms with van der Waals surface area (Å²) in [5.74, 6) is 0.470. The minimum atomic E-state index is -3.55. The van der Waals surface area contributed by atoms with Gasteiger partial charge in [0, 0.05) is 24.7 Å². The van der Waals surface area contributed by atoms with Gasteiger partial charge < -0.3 is 5.32 Å². The average molecular weight is 393 g/mol. The molecule has 1 aromatic carbocycles. The normalized spacial score (nSPS) is 17.2. The van der Waals surface area contributed by atoms with Crippen molar-refractivity contribution in [2.45, 2.75) is 38.0 Å². The summed E-state index contributed by atoms with van der Waals surface area (Å²) in [7, 11) is -0.560. The smallest absolute Gasteiger partial charge is 0.265 e. The van der Waals surface area contributed by atoms with E-state index in [1.54, 1.807) is 30.4 Å². The number of carbonyl (C=O) groups is 1. The maximum atomic E-state index is 12.6. The summed E-state index contributed by atoms with van der Waals surface area (Å²) < 4.78 is 26.1. The van der Waals surface area contributed by atoms with Crippen LogP contribution in [-0.4, -0.2) is 32.7 Å². The van der Waals surface area contributed by atoms with E-state index in [9.17, 15) is 13.2 Å². The molecule has 1 heterocycles. The van der Waals surface area contributed by atoms with Crippen LogP contribution in [-0.2, 0) is 22.9 Å². The maximum absolute atomic E-state index is 12.6. The standard InChI is InChI=1S/C19H24N2O3S2/c1-12-5-8-16-14(9-12)10-17(25-16)19(22)20-15-7-6-13(2)18(11-15)26(23,24)21(3)4/h6-7,10-12H,5,8-9H2,1-4H3,(H,20,22)/t12-/m0/s1. The van der Waals surface area contributed by atoms with Crippen molar-refractivity contribution in [3.63, 3.8) is 0 Å². The Morgan fingerprint density at radius 1 is 1.27 bits per heavy atom. The lowest BCUT2D eigenvalue weighted by Crippen LogP contribution is -2.23. The fraction of sp³-hybridized carbons (Fsp3) is 0.421. The lowest BCUT2D eigenvalue weighted by Gasteiger charge is -2.16. The van der Waals surface area contributed by atoms with E-state index < -0.39 is 10.0 Å². The number of sulfonamides is 1. The molecule has 1 atom stereocenters. The summed E-state index contributed by atoms with van der Waals surface area (Å²) in [6.45, 7) is 3.98. The van der Waals surface area contributed by atoms with Crippen LogP contribution in [0, 0.1) is 12.8 Å². The monoisotopic (exact) mass is 392 g/mol. The van der Waals surface area contributed by atoms with Gasteiger partial charge in [-0.1, -0.05) is 13.0 Å². The van der Waals surface area contributed by atoms with Crippen LogP contribution < -0.4 is 5.32 Å². The number of thiophene rings is 1. The van der Waals surface area contributed by atoms with Crippen LogP contribution in [0.25, 0.3) is 0 Å². The first-order valence-corrected chi connectivity index (χ1v) is 10.9. The molecular weight excluding hydrogens is 368 g/mol. The van der Waals surface area contributed by atoms with Crippen LogP contribution in [0.3, 0.4) is 0 Å². The number of hydrogen-bond acceptors (Lipinski definition) is 4. The molecule has 1 aliphatic rings. The number of amides is 1. The number of aryl methyl sites for hydroxylation is 2. The summed E-state index contributed by atoms with van der Waals surface area (Å²) in [5, 5.41) is 2.85. The van der Waals surface area contributed by atoms with E-state index in [1.807, 2.05) is 6.07 Å². The Morgan fingerprint density at radius 3 is 2.69 bits per heavy atom. The third-order valence-corrected chi connectivity index (χ3v) is 7.95. The highest BCUT2D eigenvalue weighted by atomic mass is 32.2. The number of benzene rings is 1. The van der Waals surface area contributed by atoms with Crippen molar-refractivity contribution in [2.24, 2.45) is 5.92 Å². The van der Waals surface area contributed by atoms with E-state index >= 15 is 0 Å². The molecule has 1 N–H and O–H groups in total. The van der Waals surface area contributed by atoms with Gasteiger partial charge in [0.2, 0.25) is 10.0 Å². The van der Waals surface area contributed by atoms with E-state index in [-0.39, 0.29) is 10.8 Å². The second kappa shape index (κ2) is 7.13. The van der Waals surface area contributed by atoms with Gasteiger partial charge in [0.25, 0.3) is 5.91 Å². The summed E-state index contributed by atoms with van der Waals surface area (Å²) in [6, 6.07) is 6.96. The Kier molecular flexibility index (Phi) is 5.23. The van der Waals surface area contributed by atoms with E-state index in [4.69, 9.17) is 0 Å². The predicted octanol–water partition coefficient (Wildman–Crippen LogP) is 3.68. The van der Waals surface area contributed by atoms with Crippen LogP contribution in [0.2, 0.25) is 0 Å². The predicted molar refractivity (Wildman–Crippen MR) is 106 cm³/mol. The number of fused-ring (bicyclic) bond motifs is 1. The van der Waals surface area contributed by atoms with Crippen molar-refractivity contribution in [3.8, 4) is 0 Å². The zero-order valence-electron chi connectivity index (χ0n) is 15.5. The first kappa shape index (κ1) is 19.1. The highest BCUT2D eigenvalue weighted by molar-refractivity contribution is 7.89. The van der Waals surface area contributed by atoms with Gasteiger partial charge in [0.15, 0.2) is 0 Å². The van der Waals surface area contributed by atoms with Crippen molar-refractivity contribution in [1.29, 1.82) is 0 Å². The molecule has 0 spiro atoms. The van der Waals surface area contributed by atoms with E-state index in [0.29, 0.717) is 22.0 Å². The lowest BCUT2D eigenvalue weighted by atomic mass is 9.90. The van der Waals surface area contributed by atoms with Crippen molar-refractivity contribution >= 4 is 33.0 Å². The van der Waals surface area contributed by atoms with Gasteiger partial charge in [-0.05, 0) is 61.4 Å². The molecule has 0 radical (unpaired) electrons. The van der Waals surface area contributed by atoms with Gasteiger partial charge in [-0.2, -0.15) is 0 Å². The Hall–Kier alpha value is -1.70. The molecular formula is C19H24N2O3S2. The van der Waals surface area contributed by atoms with Crippen LogP contribution in [0.5, 0.6) is 0 Å². The van der Waals surface area contributed by atoms with Crippen LogP contribution in [0.4, 0.5) is 5.69 Å². The molecule has 7 heteroatoms. The van der Waals surface area contributed by atoms with Crippen LogP contribution in [0.15, 0.2) is 29.2 Å².